The van der Waals surface area contributed by atoms with Crippen LogP contribution in [0.3, 0.4) is 0 Å². The number of amides is 1. The van der Waals surface area contributed by atoms with Gasteiger partial charge in [-0.25, -0.2) is 0 Å². The van der Waals surface area contributed by atoms with Crippen molar-refractivity contribution in [1.82, 2.24) is 9.80 Å². The second-order valence-electron chi connectivity index (χ2n) is 6.81. The second kappa shape index (κ2) is 9.04. The molecule has 1 amide bonds. The van der Waals surface area contributed by atoms with Gasteiger partial charge in [0.2, 0.25) is 5.91 Å². The molecule has 0 N–H and O–H groups in total. The predicted octanol–water partition coefficient (Wildman–Crippen LogP) is 2.57. The van der Waals surface area contributed by atoms with Crippen molar-refractivity contribution in [1.29, 1.82) is 0 Å². The first kappa shape index (κ1) is 18.0. The molecule has 0 spiro atoms. The molecule has 4 nitrogen and oxygen atoms in total. The number of ether oxygens (including phenoxy) is 1. The quantitative estimate of drug-likeness (QED) is 0.774. The monoisotopic (exact) mass is 318 g/mol. The number of carbonyl (C=O) groups excluding carboxylic acids is 1. The van der Waals surface area contributed by atoms with Gasteiger partial charge in [-0.3, -0.25) is 9.69 Å². The van der Waals surface area contributed by atoms with E-state index in [1.54, 1.807) is 7.11 Å². The van der Waals surface area contributed by atoms with Crippen molar-refractivity contribution >= 4 is 5.91 Å². The molecule has 0 aliphatic carbocycles. The lowest BCUT2D eigenvalue weighted by Gasteiger charge is -2.22. The smallest absolute Gasteiger partial charge is 0.223 e. The van der Waals surface area contributed by atoms with Crippen LogP contribution in [-0.4, -0.2) is 55.6 Å². The summed E-state index contributed by atoms with van der Waals surface area (Å²) in [5.74, 6) is 0.937. The average Bonchev–Trinajstić information content (AvgIpc) is 2.69. The minimum Gasteiger partial charge on any atom is -0.383 e. The number of benzene rings is 1. The summed E-state index contributed by atoms with van der Waals surface area (Å²) in [5.41, 5.74) is 2.73. The third kappa shape index (κ3) is 5.96. The molecule has 1 heterocycles. The zero-order valence-electron chi connectivity index (χ0n) is 14.8. The van der Waals surface area contributed by atoms with Crippen molar-refractivity contribution in [2.75, 3.05) is 39.9 Å². The molecule has 1 aliphatic rings. The topological polar surface area (TPSA) is 32.8 Å². The Morgan fingerprint density at radius 2 is 1.78 bits per heavy atom. The van der Waals surface area contributed by atoms with Crippen LogP contribution >= 0.6 is 0 Å². The third-order valence-corrected chi connectivity index (χ3v) is 4.32. The van der Waals surface area contributed by atoms with Gasteiger partial charge in [-0.2, -0.15) is 0 Å². The fourth-order valence-corrected chi connectivity index (χ4v) is 3.02. The normalized spacial score (nSPS) is 16.9. The molecule has 0 radical (unpaired) electrons. The maximum atomic E-state index is 12.1. The van der Waals surface area contributed by atoms with E-state index in [9.17, 15) is 4.79 Å². The lowest BCUT2D eigenvalue weighted by atomic mass is 10.0. The summed E-state index contributed by atoms with van der Waals surface area (Å²) in [6.07, 6.45) is 1.74. The molecular weight excluding hydrogens is 288 g/mol. The van der Waals surface area contributed by atoms with Gasteiger partial charge in [0.25, 0.3) is 0 Å². The standard InChI is InChI=1S/C19H30N2O2/c1-16(2)14-17-4-6-18(7-5-17)15-20-9-8-19(22)21(11-10-20)12-13-23-3/h4-7,16H,8-15H2,1-3H3. The Bertz CT molecular complexity index is 485. The van der Waals surface area contributed by atoms with E-state index in [0.717, 1.165) is 32.6 Å². The van der Waals surface area contributed by atoms with Gasteiger partial charge >= 0.3 is 0 Å². The minimum atomic E-state index is 0.247. The van der Waals surface area contributed by atoms with Gasteiger partial charge in [-0.15, -0.1) is 0 Å². The largest absolute Gasteiger partial charge is 0.383 e. The first-order valence-electron chi connectivity index (χ1n) is 8.65. The van der Waals surface area contributed by atoms with E-state index in [0.29, 0.717) is 25.5 Å². The van der Waals surface area contributed by atoms with Gasteiger partial charge < -0.3 is 9.64 Å². The molecule has 1 fully saturated rings. The first-order chi connectivity index (χ1) is 11.1. The fraction of sp³-hybridized carbons (Fsp3) is 0.632. The van der Waals surface area contributed by atoms with Crippen LogP contribution in [0.15, 0.2) is 24.3 Å². The number of methoxy groups -OCH3 is 1. The highest BCUT2D eigenvalue weighted by Gasteiger charge is 2.20. The molecule has 1 aliphatic heterocycles. The molecular formula is C19H30N2O2. The van der Waals surface area contributed by atoms with Crippen LogP contribution in [0.5, 0.6) is 0 Å². The number of carbonyl (C=O) groups is 1. The number of hydrogen-bond donors (Lipinski definition) is 0. The Kier molecular flexibility index (Phi) is 7.06. The van der Waals surface area contributed by atoms with Crippen molar-refractivity contribution in [3.63, 3.8) is 0 Å². The third-order valence-electron chi connectivity index (χ3n) is 4.32. The number of rotatable bonds is 7. The van der Waals surface area contributed by atoms with Crippen molar-refractivity contribution in [3.05, 3.63) is 35.4 Å². The lowest BCUT2D eigenvalue weighted by molar-refractivity contribution is -0.130. The molecule has 2 rings (SSSR count). The summed E-state index contributed by atoms with van der Waals surface area (Å²) >= 11 is 0. The van der Waals surface area contributed by atoms with E-state index in [1.165, 1.54) is 11.1 Å². The Morgan fingerprint density at radius 1 is 1.09 bits per heavy atom. The van der Waals surface area contributed by atoms with E-state index in [2.05, 4.69) is 43.0 Å². The van der Waals surface area contributed by atoms with Gasteiger partial charge in [0, 0.05) is 46.3 Å². The second-order valence-corrected chi connectivity index (χ2v) is 6.81. The zero-order valence-corrected chi connectivity index (χ0v) is 14.8. The Hall–Kier alpha value is -1.39. The van der Waals surface area contributed by atoms with Crippen molar-refractivity contribution in [3.8, 4) is 0 Å². The molecule has 128 valence electrons. The van der Waals surface area contributed by atoms with Crippen LogP contribution in [0.1, 0.15) is 31.4 Å². The van der Waals surface area contributed by atoms with Crippen LogP contribution in [0, 0.1) is 5.92 Å². The summed E-state index contributed by atoms with van der Waals surface area (Å²) in [7, 11) is 1.68. The van der Waals surface area contributed by atoms with Crippen molar-refractivity contribution < 1.29 is 9.53 Å². The molecule has 4 heteroatoms. The van der Waals surface area contributed by atoms with Crippen LogP contribution in [0.4, 0.5) is 0 Å². The Morgan fingerprint density at radius 3 is 2.43 bits per heavy atom. The highest BCUT2D eigenvalue weighted by atomic mass is 16.5. The maximum absolute atomic E-state index is 12.1. The van der Waals surface area contributed by atoms with E-state index >= 15 is 0 Å². The number of hydrogen-bond acceptors (Lipinski definition) is 3. The predicted molar refractivity (Wildman–Crippen MR) is 93.3 cm³/mol. The van der Waals surface area contributed by atoms with Crippen LogP contribution in [-0.2, 0) is 22.5 Å². The van der Waals surface area contributed by atoms with Crippen molar-refractivity contribution in [2.24, 2.45) is 5.92 Å². The van der Waals surface area contributed by atoms with E-state index in [1.807, 2.05) is 4.90 Å². The summed E-state index contributed by atoms with van der Waals surface area (Å²) in [4.78, 5) is 16.4. The SMILES string of the molecule is COCCN1CCN(Cc2ccc(CC(C)C)cc2)CCC1=O. The highest BCUT2D eigenvalue weighted by Crippen LogP contribution is 2.13. The fourth-order valence-electron chi connectivity index (χ4n) is 3.02. The molecule has 0 saturated carbocycles. The van der Waals surface area contributed by atoms with Crippen LogP contribution < -0.4 is 0 Å². The highest BCUT2D eigenvalue weighted by molar-refractivity contribution is 5.76. The molecule has 23 heavy (non-hydrogen) atoms. The Labute approximate surface area is 140 Å². The first-order valence-corrected chi connectivity index (χ1v) is 8.65. The van der Waals surface area contributed by atoms with Crippen LogP contribution in [0.2, 0.25) is 0 Å². The van der Waals surface area contributed by atoms with Gasteiger partial charge in [0.05, 0.1) is 6.61 Å². The van der Waals surface area contributed by atoms with Gasteiger partial charge in [0.15, 0.2) is 0 Å². The molecule has 1 saturated heterocycles. The van der Waals surface area contributed by atoms with Crippen LogP contribution in [0.25, 0.3) is 0 Å². The van der Waals surface area contributed by atoms with Gasteiger partial charge in [-0.1, -0.05) is 38.1 Å². The molecule has 0 bridgehead atoms. The van der Waals surface area contributed by atoms with E-state index < -0.39 is 0 Å². The molecule has 0 unspecified atom stereocenters. The van der Waals surface area contributed by atoms with Gasteiger partial charge in [0.1, 0.15) is 0 Å². The molecule has 0 atom stereocenters. The van der Waals surface area contributed by atoms with Gasteiger partial charge in [-0.05, 0) is 23.5 Å². The maximum Gasteiger partial charge on any atom is 0.223 e. The van der Waals surface area contributed by atoms with E-state index in [4.69, 9.17) is 4.74 Å². The average molecular weight is 318 g/mol. The molecule has 1 aromatic carbocycles. The lowest BCUT2D eigenvalue weighted by Crippen LogP contribution is -2.35. The summed E-state index contributed by atoms with van der Waals surface area (Å²) in [6.45, 7) is 9.31. The molecule has 1 aromatic rings. The number of nitrogens with zero attached hydrogens (tertiary/aromatic N) is 2. The van der Waals surface area contributed by atoms with E-state index in [-0.39, 0.29) is 5.91 Å². The summed E-state index contributed by atoms with van der Waals surface area (Å²) in [6, 6.07) is 8.94. The summed E-state index contributed by atoms with van der Waals surface area (Å²) < 4.78 is 5.09. The van der Waals surface area contributed by atoms with Crippen molar-refractivity contribution in [2.45, 2.75) is 33.2 Å². The zero-order chi connectivity index (χ0) is 16.7. The Balaban J connectivity index is 1.87. The minimum absolute atomic E-state index is 0.247. The molecule has 0 aromatic heterocycles. The summed E-state index contributed by atoms with van der Waals surface area (Å²) in [5, 5.41) is 0.